The van der Waals surface area contributed by atoms with Crippen LogP contribution in [-0.2, 0) is 0 Å². The number of hydrogen-bond donors (Lipinski definition) is 2. The van der Waals surface area contributed by atoms with Gasteiger partial charge in [-0.15, -0.1) is 0 Å². The highest BCUT2D eigenvalue weighted by molar-refractivity contribution is 5.18. The zero-order chi connectivity index (χ0) is 14.9. The van der Waals surface area contributed by atoms with Crippen LogP contribution in [-0.4, -0.2) is 42.8 Å². The van der Waals surface area contributed by atoms with Crippen LogP contribution < -0.4 is 5.32 Å². The van der Waals surface area contributed by atoms with Gasteiger partial charge in [0.05, 0.1) is 0 Å². The third-order valence-corrected chi connectivity index (χ3v) is 4.48. The average molecular weight is 290 g/mol. The van der Waals surface area contributed by atoms with Crippen LogP contribution in [0.15, 0.2) is 30.3 Å². The summed E-state index contributed by atoms with van der Waals surface area (Å²) in [6.07, 6.45) is 4.55. The molecule has 21 heavy (non-hydrogen) atoms. The zero-order valence-corrected chi connectivity index (χ0v) is 13.3. The molecular weight excluding hydrogens is 260 g/mol. The van der Waals surface area contributed by atoms with Gasteiger partial charge in [0.2, 0.25) is 0 Å². The van der Waals surface area contributed by atoms with Crippen LogP contribution in [0.5, 0.6) is 0 Å². The fraction of sp³-hybridized carbons (Fsp3) is 0.667. The van der Waals surface area contributed by atoms with Crippen molar-refractivity contribution in [2.24, 2.45) is 5.92 Å². The Bertz CT molecular complexity index is 382. The fourth-order valence-electron chi connectivity index (χ4n) is 3.24. The quantitative estimate of drug-likeness (QED) is 0.734. The van der Waals surface area contributed by atoms with Crippen molar-refractivity contribution in [3.63, 3.8) is 0 Å². The molecule has 2 atom stereocenters. The molecule has 2 N–H and O–H groups in total. The summed E-state index contributed by atoms with van der Waals surface area (Å²) in [5, 5.41) is 12.7. The van der Waals surface area contributed by atoms with Crippen LogP contribution in [0.2, 0.25) is 0 Å². The Morgan fingerprint density at radius 2 is 2.14 bits per heavy atom. The number of nitrogens with one attached hydrogen (secondary N) is 1. The van der Waals surface area contributed by atoms with Crippen LogP contribution in [0.4, 0.5) is 0 Å². The average Bonchev–Trinajstić information content (AvgIpc) is 2.96. The van der Waals surface area contributed by atoms with Crippen molar-refractivity contribution >= 4 is 0 Å². The summed E-state index contributed by atoms with van der Waals surface area (Å²) >= 11 is 0. The Kier molecular flexibility index (Phi) is 7.20. The van der Waals surface area contributed by atoms with E-state index in [0.717, 1.165) is 32.5 Å². The molecule has 2 unspecified atom stereocenters. The maximum absolute atomic E-state index is 9.05. The van der Waals surface area contributed by atoms with Gasteiger partial charge in [0.15, 0.2) is 0 Å². The molecule has 1 aliphatic heterocycles. The van der Waals surface area contributed by atoms with Gasteiger partial charge in [-0.1, -0.05) is 37.3 Å². The fourth-order valence-corrected chi connectivity index (χ4v) is 3.24. The van der Waals surface area contributed by atoms with Gasteiger partial charge in [0.25, 0.3) is 0 Å². The van der Waals surface area contributed by atoms with Crippen LogP contribution in [0, 0.1) is 5.92 Å². The molecule has 0 aromatic heterocycles. The van der Waals surface area contributed by atoms with E-state index in [1.165, 1.54) is 24.9 Å². The van der Waals surface area contributed by atoms with E-state index in [0.29, 0.717) is 18.6 Å². The van der Waals surface area contributed by atoms with E-state index >= 15 is 0 Å². The summed E-state index contributed by atoms with van der Waals surface area (Å²) < 4.78 is 0. The molecule has 0 spiro atoms. The number of rotatable bonds is 9. The minimum Gasteiger partial charge on any atom is -0.396 e. The normalized spacial score (nSPS) is 20.8. The first-order valence-corrected chi connectivity index (χ1v) is 8.45. The van der Waals surface area contributed by atoms with Gasteiger partial charge in [-0.25, -0.2) is 0 Å². The number of likely N-dealkylation sites (tertiary alicyclic amines) is 1. The van der Waals surface area contributed by atoms with E-state index in [9.17, 15) is 0 Å². The van der Waals surface area contributed by atoms with Crippen molar-refractivity contribution in [2.45, 2.75) is 38.6 Å². The summed E-state index contributed by atoms with van der Waals surface area (Å²) in [4.78, 5) is 2.56. The van der Waals surface area contributed by atoms with E-state index in [1.807, 2.05) is 0 Å². The summed E-state index contributed by atoms with van der Waals surface area (Å²) in [6, 6.07) is 11.3. The van der Waals surface area contributed by atoms with Crippen LogP contribution >= 0.6 is 0 Å². The van der Waals surface area contributed by atoms with Crippen molar-refractivity contribution in [3.8, 4) is 0 Å². The molecule has 1 saturated heterocycles. The molecule has 0 saturated carbocycles. The lowest BCUT2D eigenvalue weighted by atomic mass is 10.0. The molecule has 118 valence electrons. The van der Waals surface area contributed by atoms with Gasteiger partial charge in [0, 0.05) is 19.2 Å². The highest BCUT2D eigenvalue weighted by Gasteiger charge is 2.22. The lowest BCUT2D eigenvalue weighted by Gasteiger charge is -2.23. The molecule has 3 heteroatoms. The second-order valence-corrected chi connectivity index (χ2v) is 6.17. The lowest BCUT2D eigenvalue weighted by Crippen LogP contribution is -2.29. The maximum atomic E-state index is 9.05. The Morgan fingerprint density at radius 3 is 2.86 bits per heavy atom. The molecule has 1 aromatic rings. The van der Waals surface area contributed by atoms with Crippen LogP contribution in [0.3, 0.4) is 0 Å². The van der Waals surface area contributed by atoms with Crippen LogP contribution in [0.25, 0.3) is 0 Å². The highest BCUT2D eigenvalue weighted by Crippen LogP contribution is 2.22. The maximum Gasteiger partial charge on any atom is 0.0434 e. The first-order chi connectivity index (χ1) is 10.3. The van der Waals surface area contributed by atoms with Gasteiger partial charge in [-0.05, 0) is 56.8 Å². The zero-order valence-electron chi connectivity index (χ0n) is 13.3. The molecule has 1 aliphatic rings. The van der Waals surface area contributed by atoms with Gasteiger partial charge in [-0.2, -0.15) is 0 Å². The van der Waals surface area contributed by atoms with E-state index in [-0.39, 0.29) is 0 Å². The van der Waals surface area contributed by atoms with Crippen molar-refractivity contribution in [1.29, 1.82) is 0 Å². The van der Waals surface area contributed by atoms with E-state index in [2.05, 4.69) is 47.5 Å². The summed E-state index contributed by atoms with van der Waals surface area (Å²) in [7, 11) is 0. The van der Waals surface area contributed by atoms with Crippen molar-refractivity contribution in [2.75, 3.05) is 32.8 Å². The third-order valence-electron chi connectivity index (χ3n) is 4.48. The van der Waals surface area contributed by atoms with Crippen molar-refractivity contribution in [1.82, 2.24) is 10.2 Å². The number of benzene rings is 1. The monoisotopic (exact) mass is 290 g/mol. The number of aliphatic hydroxyl groups excluding tert-OH is 1. The topological polar surface area (TPSA) is 35.5 Å². The molecule has 0 radical (unpaired) electrons. The van der Waals surface area contributed by atoms with Crippen molar-refractivity contribution in [3.05, 3.63) is 35.9 Å². The standard InChI is InChI=1S/C18H30N2O/c1-2-11-19-18(17-6-4-3-5-7-17)9-13-20-12-8-16(15-20)10-14-21/h3-7,16,18-19,21H,2,8-15H2,1H3. The molecule has 0 amide bonds. The second kappa shape index (κ2) is 9.19. The predicted molar refractivity (Wildman–Crippen MR) is 88.3 cm³/mol. The molecule has 3 nitrogen and oxygen atoms in total. The van der Waals surface area contributed by atoms with Gasteiger partial charge >= 0.3 is 0 Å². The molecule has 0 aliphatic carbocycles. The number of aliphatic hydroxyl groups is 1. The molecule has 0 bridgehead atoms. The third kappa shape index (κ3) is 5.42. The number of nitrogens with zero attached hydrogens (tertiary/aromatic N) is 1. The molecule has 1 aromatic carbocycles. The Labute approximate surface area is 129 Å². The molecule has 1 heterocycles. The highest BCUT2D eigenvalue weighted by atomic mass is 16.3. The van der Waals surface area contributed by atoms with E-state index in [4.69, 9.17) is 5.11 Å². The Hall–Kier alpha value is -0.900. The van der Waals surface area contributed by atoms with Gasteiger partial charge < -0.3 is 15.3 Å². The Balaban J connectivity index is 1.82. The predicted octanol–water partition coefficient (Wildman–Crippen LogP) is 2.82. The minimum absolute atomic E-state index is 0.337. The lowest BCUT2D eigenvalue weighted by molar-refractivity contribution is 0.247. The van der Waals surface area contributed by atoms with Gasteiger partial charge in [-0.3, -0.25) is 0 Å². The summed E-state index contributed by atoms with van der Waals surface area (Å²) in [5.74, 6) is 0.703. The number of hydrogen-bond acceptors (Lipinski definition) is 3. The largest absolute Gasteiger partial charge is 0.396 e. The smallest absolute Gasteiger partial charge is 0.0434 e. The molecular formula is C18H30N2O. The summed E-state index contributed by atoms with van der Waals surface area (Å²) in [6.45, 7) is 7.14. The van der Waals surface area contributed by atoms with E-state index in [1.54, 1.807) is 0 Å². The van der Waals surface area contributed by atoms with Crippen LogP contribution in [0.1, 0.15) is 44.2 Å². The van der Waals surface area contributed by atoms with E-state index < -0.39 is 0 Å². The first kappa shape index (κ1) is 16.5. The summed E-state index contributed by atoms with van der Waals surface area (Å²) in [5.41, 5.74) is 1.40. The Morgan fingerprint density at radius 1 is 1.33 bits per heavy atom. The SMILES string of the molecule is CCCNC(CCN1CCC(CCO)C1)c1ccccc1. The minimum atomic E-state index is 0.337. The second-order valence-electron chi connectivity index (χ2n) is 6.17. The molecule has 1 fully saturated rings. The van der Waals surface area contributed by atoms with Gasteiger partial charge in [0.1, 0.15) is 0 Å². The van der Waals surface area contributed by atoms with Crippen molar-refractivity contribution < 1.29 is 5.11 Å². The molecule has 2 rings (SSSR count). The first-order valence-electron chi connectivity index (χ1n) is 8.45.